The van der Waals surface area contributed by atoms with Crippen molar-refractivity contribution >= 4 is 18.0 Å². The summed E-state index contributed by atoms with van der Waals surface area (Å²) < 4.78 is 9.33. The monoisotopic (exact) mass is 329 g/mol. The average Bonchev–Trinajstić information content (AvgIpc) is 2.42. The van der Waals surface area contributed by atoms with Crippen LogP contribution in [0.4, 0.5) is 4.79 Å². The Morgan fingerprint density at radius 2 is 1.96 bits per heavy atom. The highest BCUT2D eigenvalue weighted by Gasteiger charge is 2.23. The van der Waals surface area contributed by atoms with Gasteiger partial charge in [0.2, 0.25) is 5.91 Å². The van der Waals surface area contributed by atoms with Gasteiger partial charge in [0.05, 0.1) is 0 Å². The van der Waals surface area contributed by atoms with Gasteiger partial charge in [-0.05, 0) is 45.6 Å². The number of carbonyl (C=O) groups excluding carboxylic acids is 3. The van der Waals surface area contributed by atoms with Crippen LogP contribution in [-0.2, 0) is 19.1 Å². The van der Waals surface area contributed by atoms with Gasteiger partial charge in [0.25, 0.3) is 0 Å². The predicted octanol–water partition coefficient (Wildman–Crippen LogP) is 1.39. The zero-order chi connectivity index (χ0) is 17.9. The van der Waals surface area contributed by atoms with Crippen molar-refractivity contribution in [2.45, 2.75) is 51.7 Å². The van der Waals surface area contributed by atoms with Gasteiger partial charge < -0.3 is 20.5 Å². The lowest BCUT2D eigenvalue weighted by atomic mass is 10.1. The van der Waals surface area contributed by atoms with Gasteiger partial charge in [-0.3, -0.25) is 4.79 Å². The van der Waals surface area contributed by atoms with Gasteiger partial charge >= 0.3 is 12.1 Å². The zero-order valence-electron chi connectivity index (χ0n) is 13.6. The average molecular weight is 329 g/mol. The number of azide groups is 1. The number of hydrogen-bond acceptors (Lipinski definition) is 7. The number of esters is 1. The molecule has 1 atom stereocenters. The number of rotatable bonds is 8. The van der Waals surface area contributed by atoms with Gasteiger partial charge in [0.15, 0.2) is 0 Å². The fraction of sp³-hybridized carbons (Fsp3) is 0.769. The second kappa shape index (κ2) is 10.4. The highest BCUT2D eigenvalue weighted by atomic mass is 16.7. The van der Waals surface area contributed by atoms with Crippen molar-refractivity contribution < 1.29 is 23.9 Å². The highest BCUT2D eigenvalue weighted by Crippen LogP contribution is 2.09. The van der Waals surface area contributed by atoms with E-state index in [1.54, 1.807) is 20.8 Å². The molecule has 0 aromatic carbocycles. The molecule has 0 aliphatic heterocycles. The van der Waals surface area contributed by atoms with Crippen LogP contribution in [0.3, 0.4) is 0 Å². The summed E-state index contributed by atoms with van der Waals surface area (Å²) in [6, 6.07) is -0.943. The maximum Gasteiger partial charge on any atom is 0.516 e. The normalized spacial score (nSPS) is 11.8. The smallest absolute Gasteiger partial charge is 0.428 e. The Labute approximate surface area is 134 Å². The minimum Gasteiger partial charge on any atom is -0.428 e. The largest absolute Gasteiger partial charge is 0.516 e. The molecule has 0 aromatic rings. The Morgan fingerprint density at radius 1 is 1.30 bits per heavy atom. The first kappa shape index (κ1) is 20.7. The molecule has 3 N–H and O–H groups in total. The lowest BCUT2D eigenvalue weighted by molar-refractivity contribution is -0.143. The molecule has 0 rings (SSSR count). The van der Waals surface area contributed by atoms with Crippen molar-refractivity contribution in [3.05, 3.63) is 10.4 Å². The highest BCUT2D eigenvalue weighted by molar-refractivity contribution is 5.85. The molecule has 0 saturated heterocycles. The molecule has 1 amide bonds. The third-order valence-electron chi connectivity index (χ3n) is 2.42. The third kappa shape index (κ3) is 12.0. The summed E-state index contributed by atoms with van der Waals surface area (Å²) in [5.74, 6) is -1.23. The molecule has 10 nitrogen and oxygen atoms in total. The second-order valence-corrected chi connectivity index (χ2v) is 5.73. The molecular formula is C13H23N5O5. The van der Waals surface area contributed by atoms with Crippen LogP contribution in [0.2, 0.25) is 0 Å². The molecule has 0 bridgehead atoms. The molecule has 0 unspecified atom stereocenters. The van der Waals surface area contributed by atoms with Crippen LogP contribution in [0.15, 0.2) is 5.11 Å². The van der Waals surface area contributed by atoms with Crippen LogP contribution in [-0.4, -0.2) is 42.8 Å². The summed E-state index contributed by atoms with van der Waals surface area (Å²) in [6.07, 6.45) is 0.346. The fourth-order valence-electron chi connectivity index (χ4n) is 1.42. The van der Waals surface area contributed by atoms with E-state index in [-0.39, 0.29) is 12.5 Å². The Kier molecular flexibility index (Phi) is 9.36. The number of nitrogens with zero attached hydrogens (tertiary/aromatic N) is 3. The summed E-state index contributed by atoms with van der Waals surface area (Å²) in [6.45, 7) is 5.06. The molecular weight excluding hydrogens is 306 g/mol. The number of amides is 1. The minimum atomic E-state index is -1.08. The topological polar surface area (TPSA) is 156 Å². The molecule has 0 fully saturated rings. The zero-order valence-corrected chi connectivity index (χ0v) is 13.6. The van der Waals surface area contributed by atoms with Crippen molar-refractivity contribution in [3.8, 4) is 0 Å². The van der Waals surface area contributed by atoms with Gasteiger partial charge in [0.1, 0.15) is 18.2 Å². The number of unbranched alkanes of at least 4 members (excludes halogenated alkanes) is 1. The number of ether oxygens (including phenoxy) is 2. The maximum atomic E-state index is 11.6. The first-order valence-electron chi connectivity index (χ1n) is 7.13. The van der Waals surface area contributed by atoms with Gasteiger partial charge in [0, 0.05) is 11.5 Å². The van der Waals surface area contributed by atoms with Crippen LogP contribution in [0.25, 0.3) is 10.4 Å². The number of carbonyl (C=O) groups is 3. The van der Waals surface area contributed by atoms with E-state index in [1.807, 2.05) is 0 Å². The van der Waals surface area contributed by atoms with Crippen molar-refractivity contribution in [1.29, 1.82) is 0 Å². The van der Waals surface area contributed by atoms with Gasteiger partial charge in [-0.15, -0.1) is 0 Å². The minimum absolute atomic E-state index is 0.252. The van der Waals surface area contributed by atoms with Crippen LogP contribution in [0.1, 0.15) is 40.0 Å². The Bertz CT molecular complexity index is 468. The van der Waals surface area contributed by atoms with Gasteiger partial charge in [-0.2, -0.15) is 0 Å². The van der Waals surface area contributed by atoms with E-state index in [4.69, 9.17) is 16.0 Å². The summed E-state index contributed by atoms with van der Waals surface area (Å²) in [5, 5.41) is 5.66. The van der Waals surface area contributed by atoms with Gasteiger partial charge in [-0.1, -0.05) is 5.11 Å². The summed E-state index contributed by atoms with van der Waals surface area (Å²) in [4.78, 5) is 36.5. The van der Waals surface area contributed by atoms with E-state index < -0.39 is 23.8 Å². The van der Waals surface area contributed by atoms with E-state index in [0.717, 1.165) is 0 Å². The molecule has 10 heteroatoms. The molecule has 23 heavy (non-hydrogen) atoms. The van der Waals surface area contributed by atoms with E-state index in [1.165, 1.54) is 0 Å². The van der Waals surface area contributed by atoms with Crippen molar-refractivity contribution in [3.63, 3.8) is 0 Å². The lowest BCUT2D eigenvalue weighted by Crippen LogP contribution is -2.35. The molecule has 0 radical (unpaired) electrons. The summed E-state index contributed by atoms with van der Waals surface area (Å²) in [5.41, 5.74) is 12.9. The van der Waals surface area contributed by atoms with E-state index >= 15 is 0 Å². The molecule has 0 aromatic heterocycles. The first-order valence-corrected chi connectivity index (χ1v) is 7.13. The number of hydrogen-bond donors (Lipinski definition) is 2. The molecule has 0 heterocycles. The molecule has 0 aliphatic carbocycles. The Hall–Kier alpha value is -2.32. The van der Waals surface area contributed by atoms with Crippen LogP contribution in [0.5, 0.6) is 0 Å². The lowest BCUT2D eigenvalue weighted by Gasteiger charge is -2.19. The van der Waals surface area contributed by atoms with E-state index in [9.17, 15) is 14.4 Å². The maximum absolute atomic E-state index is 11.6. The number of nitrogens with two attached hydrogens (primary N) is 1. The quantitative estimate of drug-likeness (QED) is 0.171. The van der Waals surface area contributed by atoms with E-state index in [0.29, 0.717) is 25.8 Å². The molecule has 0 saturated carbocycles. The Morgan fingerprint density at radius 3 is 2.52 bits per heavy atom. The van der Waals surface area contributed by atoms with E-state index in [2.05, 4.69) is 20.1 Å². The number of nitrogens with one attached hydrogen (secondary N) is 1. The van der Waals surface area contributed by atoms with Gasteiger partial charge in [-0.25, -0.2) is 9.59 Å². The SMILES string of the molecule is CC(C)(C)OC(=O)OC(=O)[C@@H](N)CCCCNC(=O)CN=[N+]=[N-]. The molecule has 130 valence electrons. The first-order chi connectivity index (χ1) is 10.7. The summed E-state index contributed by atoms with van der Waals surface area (Å²) in [7, 11) is 0. The van der Waals surface area contributed by atoms with Crippen molar-refractivity contribution in [2.24, 2.45) is 10.8 Å². The van der Waals surface area contributed by atoms with Crippen LogP contribution >= 0.6 is 0 Å². The van der Waals surface area contributed by atoms with Crippen molar-refractivity contribution in [2.75, 3.05) is 13.1 Å². The van der Waals surface area contributed by atoms with Crippen molar-refractivity contribution in [1.82, 2.24) is 5.32 Å². The predicted molar refractivity (Wildman–Crippen MR) is 81.2 cm³/mol. The van der Waals surface area contributed by atoms with Crippen LogP contribution in [0, 0.1) is 0 Å². The standard InChI is InChI=1S/C13H23N5O5/c1-13(2,3)23-12(21)22-11(20)9(14)6-4-5-7-16-10(19)8-17-18-15/h9H,4-8,14H2,1-3H3,(H,16,19)/t9-/m0/s1. The molecule has 0 aliphatic rings. The third-order valence-corrected chi connectivity index (χ3v) is 2.42. The molecule has 0 spiro atoms. The second-order valence-electron chi connectivity index (χ2n) is 5.73. The summed E-state index contributed by atoms with van der Waals surface area (Å²) >= 11 is 0. The van der Waals surface area contributed by atoms with Crippen LogP contribution < -0.4 is 11.1 Å². The fourth-order valence-corrected chi connectivity index (χ4v) is 1.42. The Balaban J connectivity index is 3.86.